The molecule has 1 aliphatic carbocycles. The second kappa shape index (κ2) is 5.41. The Bertz CT molecular complexity index is 408. The Balaban J connectivity index is 2.27. The highest BCUT2D eigenvalue weighted by Gasteiger charge is 2.41. The van der Waals surface area contributed by atoms with E-state index in [4.69, 9.17) is 10.5 Å². The first kappa shape index (κ1) is 13.6. The molecule has 0 spiro atoms. The maximum atomic E-state index is 6.52. The number of nitrogens with two attached hydrogens (primary N) is 1. The molecule has 1 aliphatic rings. The molecular weight excluding hydrogens is 222 g/mol. The molecule has 0 aliphatic heterocycles. The average Bonchev–Trinajstić information content (AvgIpc) is 2.82. The van der Waals surface area contributed by atoms with Crippen molar-refractivity contribution in [1.29, 1.82) is 0 Å². The fourth-order valence-corrected chi connectivity index (χ4v) is 3.07. The van der Waals surface area contributed by atoms with E-state index >= 15 is 0 Å². The minimum Gasteiger partial charge on any atom is -0.373 e. The normalized spacial score (nSPS) is 20.0. The van der Waals surface area contributed by atoms with Crippen LogP contribution in [0, 0.1) is 13.8 Å². The molecule has 1 fully saturated rings. The van der Waals surface area contributed by atoms with Crippen molar-refractivity contribution < 1.29 is 4.74 Å². The Morgan fingerprint density at radius 1 is 1.22 bits per heavy atom. The predicted octanol–water partition coefficient (Wildman–Crippen LogP) is 3.65. The van der Waals surface area contributed by atoms with Crippen LogP contribution in [0.5, 0.6) is 0 Å². The first-order chi connectivity index (χ1) is 8.59. The molecule has 1 saturated carbocycles. The van der Waals surface area contributed by atoms with Crippen LogP contribution in [-0.2, 0) is 4.74 Å². The molecule has 0 heterocycles. The molecule has 2 heteroatoms. The molecule has 18 heavy (non-hydrogen) atoms. The van der Waals surface area contributed by atoms with E-state index in [2.05, 4.69) is 39.0 Å². The van der Waals surface area contributed by atoms with Gasteiger partial charge in [0.15, 0.2) is 0 Å². The molecule has 2 nitrogen and oxygen atoms in total. The Morgan fingerprint density at radius 2 is 1.89 bits per heavy atom. The van der Waals surface area contributed by atoms with Gasteiger partial charge < -0.3 is 10.5 Å². The summed E-state index contributed by atoms with van der Waals surface area (Å²) >= 11 is 0. The minimum absolute atomic E-state index is 0.000694. The van der Waals surface area contributed by atoms with Gasteiger partial charge in [0, 0.05) is 6.61 Å². The quantitative estimate of drug-likeness (QED) is 0.881. The van der Waals surface area contributed by atoms with Gasteiger partial charge >= 0.3 is 0 Å². The lowest BCUT2D eigenvalue weighted by Gasteiger charge is -2.35. The molecule has 2 rings (SSSR count). The van der Waals surface area contributed by atoms with E-state index in [1.807, 2.05) is 0 Å². The Hall–Kier alpha value is -0.860. The zero-order valence-corrected chi connectivity index (χ0v) is 11.8. The molecule has 1 unspecified atom stereocenters. The Kier molecular flexibility index (Phi) is 4.08. The van der Waals surface area contributed by atoms with E-state index in [1.165, 1.54) is 29.5 Å². The monoisotopic (exact) mass is 247 g/mol. The largest absolute Gasteiger partial charge is 0.373 e. The van der Waals surface area contributed by atoms with Crippen LogP contribution in [-0.4, -0.2) is 12.2 Å². The molecule has 0 radical (unpaired) electrons. The lowest BCUT2D eigenvalue weighted by Crippen LogP contribution is -2.41. The first-order valence-corrected chi connectivity index (χ1v) is 7.06. The zero-order valence-electron chi connectivity index (χ0n) is 11.8. The van der Waals surface area contributed by atoms with Crippen LogP contribution in [0.25, 0.3) is 0 Å². The van der Waals surface area contributed by atoms with E-state index in [9.17, 15) is 0 Å². The van der Waals surface area contributed by atoms with Crippen molar-refractivity contribution in [2.45, 2.75) is 58.1 Å². The molecule has 0 amide bonds. The standard InChI is InChI=1S/C16H25NO/c1-4-18-16(9-5-6-10-16)15(17)14-8-7-12(2)13(3)11-14/h7-8,11,15H,4-6,9-10,17H2,1-3H3. The Labute approximate surface area is 111 Å². The molecule has 1 aromatic carbocycles. The summed E-state index contributed by atoms with van der Waals surface area (Å²) < 4.78 is 6.05. The number of benzene rings is 1. The summed E-state index contributed by atoms with van der Waals surface area (Å²) in [5.41, 5.74) is 10.2. The third-order valence-corrected chi connectivity index (χ3v) is 4.34. The molecule has 2 N–H and O–H groups in total. The predicted molar refractivity (Wildman–Crippen MR) is 75.7 cm³/mol. The van der Waals surface area contributed by atoms with Crippen molar-refractivity contribution >= 4 is 0 Å². The molecule has 100 valence electrons. The second-order valence-corrected chi connectivity index (χ2v) is 5.53. The topological polar surface area (TPSA) is 35.2 Å². The zero-order chi connectivity index (χ0) is 13.2. The van der Waals surface area contributed by atoms with E-state index in [0.717, 1.165) is 19.4 Å². The summed E-state index contributed by atoms with van der Waals surface area (Å²) in [6.07, 6.45) is 4.65. The number of hydrogen-bond donors (Lipinski definition) is 1. The highest BCUT2D eigenvalue weighted by atomic mass is 16.5. The van der Waals surface area contributed by atoms with Gasteiger partial charge in [-0.15, -0.1) is 0 Å². The van der Waals surface area contributed by atoms with Crippen molar-refractivity contribution in [3.63, 3.8) is 0 Å². The number of aryl methyl sites for hydroxylation is 2. The molecule has 0 bridgehead atoms. The highest BCUT2D eigenvalue weighted by molar-refractivity contribution is 5.33. The highest BCUT2D eigenvalue weighted by Crippen LogP contribution is 2.41. The molecule has 0 aromatic heterocycles. The van der Waals surface area contributed by atoms with Crippen molar-refractivity contribution in [1.82, 2.24) is 0 Å². The molecule has 1 aromatic rings. The van der Waals surface area contributed by atoms with E-state index in [1.54, 1.807) is 0 Å². The summed E-state index contributed by atoms with van der Waals surface area (Å²) in [4.78, 5) is 0. The summed E-state index contributed by atoms with van der Waals surface area (Å²) in [5, 5.41) is 0. The van der Waals surface area contributed by atoms with Gasteiger partial charge in [-0.1, -0.05) is 31.0 Å². The summed E-state index contributed by atoms with van der Waals surface area (Å²) in [6.45, 7) is 7.10. The third-order valence-electron chi connectivity index (χ3n) is 4.34. The van der Waals surface area contributed by atoms with Gasteiger partial charge in [0.25, 0.3) is 0 Å². The van der Waals surface area contributed by atoms with Gasteiger partial charge in [-0.05, 0) is 50.3 Å². The fourth-order valence-electron chi connectivity index (χ4n) is 3.07. The van der Waals surface area contributed by atoms with Crippen LogP contribution in [0.2, 0.25) is 0 Å². The first-order valence-electron chi connectivity index (χ1n) is 7.06. The van der Waals surface area contributed by atoms with Gasteiger partial charge in [-0.3, -0.25) is 0 Å². The lowest BCUT2D eigenvalue weighted by atomic mass is 9.86. The summed E-state index contributed by atoms with van der Waals surface area (Å²) in [7, 11) is 0. The lowest BCUT2D eigenvalue weighted by molar-refractivity contribution is -0.0536. The van der Waals surface area contributed by atoms with Crippen LogP contribution in [0.15, 0.2) is 18.2 Å². The minimum atomic E-state index is -0.129. The van der Waals surface area contributed by atoms with E-state index in [-0.39, 0.29) is 11.6 Å². The van der Waals surface area contributed by atoms with Gasteiger partial charge in [-0.25, -0.2) is 0 Å². The SMILES string of the molecule is CCOC1(C(N)c2ccc(C)c(C)c2)CCCC1. The van der Waals surface area contributed by atoms with Crippen LogP contribution in [0.1, 0.15) is 55.3 Å². The van der Waals surface area contributed by atoms with Crippen LogP contribution < -0.4 is 5.73 Å². The van der Waals surface area contributed by atoms with Crippen LogP contribution in [0.4, 0.5) is 0 Å². The van der Waals surface area contributed by atoms with Crippen molar-refractivity contribution in [2.24, 2.45) is 5.73 Å². The second-order valence-electron chi connectivity index (χ2n) is 5.53. The van der Waals surface area contributed by atoms with Gasteiger partial charge in [0.1, 0.15) is 0 Å². The number of hydrogen-bond acceptors (Lipinski definition) is 2. The smallest absolute Gasteiger partial charge is 0.0874 e. The fraction of sp³-hybridized carbons (Fsp3) is 0.625. The third kappa shape index (κ3) is 2.45. The van der Waals surface area contributed by atoms with Gasteiger partial charge in [-0.2, -0.15) is 0 Å². The summed E-state index contributed by atoms with van der Waals surface area (Å²) in [6, 6.07) is 6.55. The van der Waals surface area contributed by atoms with Crippen LogP contribution >= 0.6 is 0 Å². The molecule has 1 atom stereocenters. The van der Waals surface area contributed by atoms with Gasteiger partial charge in [0.2, 0.25) is 0 Å². The van der Waals surface area contributed by atoms with E-state index < -0.39 is 0 Å². The van der Waals surface area contributed by atoms with Crippen molar-refractivity contribution in [3.8, 4) is 0 Å². The molecular formula is C16H25NO. The average molecular weight is 247 g/mol. The number of rotatable bonds is 4. The maximum Gasteiger partial charge on any atom is 0.0874 e. The molecule has 0 saturated heterocycles. The van der Waals surface area contributed by atoms with Crippen molar-refractivity contribution in [3.05, 3.63) is 34.9 Å². The van der Waals surface area contributed by atoms with Crippen LogP contribution in [0.3, 0.4) is 0 Å². The van der Waals surface area contributed by atoms with Gasteiger partial charge in [0.05, 0.1) is 11.6 Å². The Morgan fingerprint density at radius 3 is 2.44 bits per heavy atom. The summed E-state index contributed by atoms with van der Waals surface area (Å²) in [5.74, 6) is 0. The van der Waals surface area contributed by atoms with Crippen molar-refractivity contribution in [2.75, 3.05) is 6.61 Å². The maximum absolute atomic E-state index is 6.52. The number of ether oxygens (including phenoxy) is 1. The van der Waals surface area contributed by atoms with E-state index in [0.29, 0.717) is 0 Å².